The Morgan fingerprint density at radius 1 is 1.55 bits per heavy atom. The van der Waals surface area contributed by atoms with Gasteiger partial charge < -0.3 is 16.0 Å². The molecule has 5 heteroatoms. The van der Waals surface area contributed by atoms with E-state index in [0.29, 0.717) is 16.6 Å². The van der Waals surface area contributed by atoms with Gasteiger partial charge >= 0.3 is 0 Å². The van der Waals surface area contributed by atoms with Crippen LogP contribution < -0.4 is 16.0 Å². The quantitative estimate of drug-likeness (QED) is 0.877. The first-order valence-corrected chi connectivity index (χ1v) is 7.46. The maximum Gasteiger partial charge on any atom is 0.250 e. The summed E-state index contributed by atoms with van der Waals surface area (Å²) in [7, 11) is 0. The predicted molar refractivity (Wildman–Crippen MR) is 83.5 cm³/mol. The molecule has 1 atom stereocenters. The number of nitrogens with zero attached hydrogens (tertiary/aromatic N) is 1. The molecule has 0 saturated carbocycles. The van der Waals surface area contributed by atoms with Gasteiger partial charge in [0.25, 0.3) is 5.91 Å². The first kappa shape index (κ1) is 15.1. The van der Waals surface area contributed by atoms with Crippen molar-refractivity contribution >= 4 is 23.2 Å². The van der Waals surface area contributed by atoms with Gasteiger partial charge in [0.1, 0.15) is 0 Å². The highest BCUT2D eigenvalue weighted by atomic mass is 35.5. The van der Waals surface area contributed by atoms with E-state index in [4.69, 9.17) is 17.3 Å². The molecule has 1 aromatic carbocycles. The van der Waals surface area contributed by atoms with E-state index in [9.17, 15) is 4.79 Å². The molecular weight excluding hydrogens is 274 g/mol. The second-order valence-electron chi connectivity index (χ2n) is 5.57. The van der Waals surface area contributed by atoms with E-state index in [-0.39, 0.29) is 6.04 Å². The highest BCUT2D eigenvalue weighted by Gasteiger charge is 2.23. The first-order valence-electron chi connectivity index (χ1n) is 7.08. The Morgan fingerprint density at radius 3 is 2.85 bits per heavy atom. The van der Waals surface area contributed by atoms with Gasteiger partial charge in [0, 0.05) is 23.7 Å². The molecule has 1 fully saturated rings. The highest BCUT2D eigenvalue weighted by Crippen LogP contribution is 2.27. The minimum absolute atomic E-state index is 0.272. The summed E-state index contributed by atoms with van der Waals surface area (Å²) in [6.07, 6.45) is 2.37. The van der Waals surface area contributed by atoms with Crippen LogP contribution in [0.2, 0.25) is 5.02 Å². The van der Waals surface area contributed by atoms with Crippen LogP contribution in [0.3, 0.4) is 0 Å². The lowest BCUT2D eigenvalue weighted by Crippen LogP contribution is -2.42. The van der Waals surface area contributed by atoms with Gasteiger partial charge in [-0.25, -0.2) is 0 Å². The molecule has 1 aliphatic heterocycles. The summed E-state index contributed by atoms with van der Waals surface area (Å²) in [4.78, 5) is 13.8. The molecule has 4 nitrogen and oxygen atoms in total. The number of halogens is 1. The van der Waals surface area contributed by atoms with Crippen LogP contribution in [-0.4, -0.2) is 31.1 Å². The number of carbonyl (C=O) groups excluding carboxylic acids is 1. The molecule has 110 valence electrons. The zero-order valence-corrected chi connectivity index (χ0v) is 12.8. The Morgan fingerprint density at radius 2 is 2.30 bits per heavy atom. The number of nitrogens with one attached hydrogen (secondary N) is 1. The Balaban J connectivity index is 2.32. The van der Waals surface area contributed by atoms with E-state index >= 15 is 0 Å². The third-order valence-corrected chi connectivity index (χ3v) is 3.97. The number of anilines is 1. The van der Waals surface area contributed by atoms with Gasteiger partial charge in [-0.1, -0.05) is 11.6 Å². The predicted octanol–water partition coefficient (Wildman–Crippen LogP) is 2.41. The van der Waals surface area contributed by atoms with E-state index in [0.717, 1.165) is 25.2 Å². The van der Waals surface area contributed by atoms with Gasteiger partial charge in [-0.15, -0.1) is 0 Å². The number of carbonyl (C=O) groups is 1. The number of hydrogen-bond acceptors (Lipinski definition) is 3. The highest BCUT2D eigenvalue weighted by molar-refractivity contribution is 6.31. The fourth-order valence-corrected chi connectivity index (χ4v) is 2.85. The number of hydrogen-bond donors (Lipinski definition) is 2. The molecule has 1 aromatic rings. The van der Waals surface area contributed by atoms with Gasteiger partial charge in [-0.2, -0.15) is 0 Å². The molecule has 0 spiro atoms. The third kappa shape index (κ3) is 3.44. The summed E-state index contributed by atoms with van der Waals surface area (Å²) in [6.45, 7) is 6.15. The lowest BCUT2D eigenvalue weighted by molar-refractivity contribution is 0.100. The second kappa shape index (κ2) is 6.46. The number of primary amides is 1. The zero-order valence-electron chi connectivity index (χ0n) is 12.0. The van der Waals surface area contributed by atoms with Crippen molar-refractivity contribution in [1.82, 2.24) is 5.32 Å². The van der Waals surface area contributed by atoms with Crippen molar-refractivity contribution in [2.75, 3.05) is 18.0 Å². The van der Waals surface area contributed by atoms with Gasteiger partial charge in [-0.05, 0) is 51.4 Å². The Bertz CT molecular complexity index is 484. The largest absolute Gasteiger partial charge is 0.367 e. The fourth-order valence-electron chi connectivity index (χ4n) is 2.69. The molecule has 2 rings (SSSR count). The van der Waals surface area contributed by atoms with E-state index in [1.54, 1.807) is 12.1 Å². The molecule has 0 bridgehead atoms. The van der Waals surface area contributed by atoms with Crippen LogP contribution in [0.1, 0.15) is 37.0 Å². The van der Waals surface area contributed by atoms with Crippen LogP contribution in [0.4, 0.5) is 5.69 Å². The normalized spacial score (nSPS) is 18.5. The first-order chi connectivity index (χ1) is 9.49. The summed E-state index contributed by atoms with van der Waals surface area (Å²) in [6, 6.07) is 5.97. The van der Waals surface area contributed by atoms with Crippen LogP contribution in [0.5, 0.6) is 0 Å². The number of benzene rings is 1. The van der Waals surface area contributed by atoms with Crippen molar-refractivity contribution in [1.29, 1.82) is 0 Å². The number of amides is 1. The number of nitrogens with two attached hydrogens (primary N) is 1. The fraction of sp³-hybridized carbons (Fsp3) is 0.533. The molecule has 1 aliphatic rings. The molecule has 0 radical (unpaired) electrons. The van der Waals surface area contributed by atoms with Crippen LogP contribution in [0.25, 0.3) is 0 Å². The van der Waals surface area contributed by atoms with Gasteiger partial charge in [0.2, 0.25) is 0 Å². The monoisotopic (exact) mass is 295 g/mol. The Kier molecular flexibility index (Phi) is 4.89. The molecule has 1 saturated heterocycles. The molecule has 1 amide bonds. The molecule has 1 heterocycles. The maximum atomic E-state index is 11.6. The van der Waals surface area contributed by atoms with Crippen molar-refractivity contribution in [3.05, 3.63) is 28.8 Å². The van der Waals surface area contributed by atoms with Crippen molar-refractivity contribution in [3.8, 4) is 0 Å². The summed E-state index contributed by atoms with van der Waals surface area (Å²) in [5, 5.41) is 4.10. The standard InChI is InChI=1S/C15H22ClN3O/c1-10(2)19(9-12-4-3-7-18-12)14-8-11(16)5-6-13(14)15(17)20/h5-6,8,10,12,18H,3-4,7,9H2,1-2H3,(H2,17,20). The van der Waals surface area contributed by atoms with Gasteiger partial charge in [0.15, 0.2) is 0 Å². The van der Waals surface area contributed by atoms with Gasteiger partial charge in [0.05, 0.1) is 11.3 Å². The molecule has 1 unspecified atom stereocenters. The summed E-state index contributed by atoms with van der Waals surface area (Å²) < 4.78 is 0. The van der Waals surface area contributed by atoms with Crippen molar-refractivity contribution < 1.29 is 4.79 Å². The van der Waals surface area contributed by atoms with Crippen molar-refractivity contribution in [3.63, 3.8) is 0 Å². The van der Waals surface area contributed by atoms with E-state index in [2.05, 4.69) is 24.1 Å². The maximum absolute atomic E-state index is 11.6. The second-order valence-corrected chi connectivity index (χ2v) is 6.00. The van der Waals surface area contributed by atoms with E-state index in [1.807, 2.05) is 6.07 Å². The van der Waals surface area contributed by atoms with Crippen LogP contribution >= 0.6 is 11.6 Å². The number of rotatable bonds is 5. The minimum atomic E-state index is -0.415. The third-order valence-electron chi connectivity index (χ3n) is 3.74. The minimum Gasteiger partial charge on any atom is -0.367 e. The smallest absolute Gasteiger partial charge is 0.250 e. The molecule has 0 aromatic heterocycles. The van der Waals surface area contributed by atoms with Crippen LogP contribution in [-0.2, 0) is 0 Å². The average Bonchev–Trinajstić information content (AvgIpc) is 2.87. The molecular formula is C15H22ClN3O. The van der Waals surface area contributed by atoms with Crippen molar-refractivity contribution in [2.45, 2.75) is 38.8 Å². The van der Waals surface area contributed by atoms with Crippen LogP contribution in [0, 0.1) is 0 Å². The summed E-state index contributed by atoms with van der Waals surface area (Å²) in [5.41, 5.74) is 6.84. The SMILES string of the molecule is CC(C)N(CC1CCCN1)c1cc(Cl)ccc1C(N)=O. The molecule has 20 heavy (non-hydrogen) atoms. The topological polar surface area (TPSA) is 58.4 Å². The van der Waals surface area contributed by atoms with Gasteiger partial charge in [-0.3, -0.25) is 4.79 Å². The van der Waals surface area contributed by atoms with Crippen molar-refractivity contribution in [2.24, 2.45) is 5.73 Å². The Hall–Kier alpha value is -1.26. The molecule has 3 N–H and O–H groups in total. The Labute approximate surface area is 125 Å². The lowest BCUT2D eigenvalue weighted by atomic mass is 10.1. The molecule has 0 aliphatic carbocycles. The summed E-state index contributed by atoms with van der Waals surface area (Å²) >= 11 is 6.09. The van der Waals surface area contributed by atoms with E-state index < -0.39 is 5.91 Å². The van der Waals surface area contributed by atoms with E-state index in [1.165, 1.54) is 6.42 Å². The summed E-state index contributed by atoms with van der Waals surface area (Å²) in [5.74, 6) is -0.415. The lowest BCUT2D eigenvalue weighted by Gasteiger charge is -2.33. The average molecular weight is 296 g/mol. The van der Waals surface area contributed by atoms with Crippen LogP contribution in [0.15, 0.2) is 18.2 Å². The zero-order chi connectivity index (χ0) is 14.7.